The molecule has 0 aliphatic carbocycles. The summed E-state index contributed by atoms with van der Waals surface area (Å²) in [6, 6.07) is 18.7. The molecule has 0 atom stereocenters. The number of rotatable bonds is 5. The van der Waals surface area contributed by atoms with E-state index in [0.717, 1.165) is 16.7 Å². The Kier molecular flexibility index (Phi) is 4.70. The van der Waals surface area contributed by atoms with Gasteiger partial charge in [-0.3, -0.25) is 0 Å². The van der Waals surface area contributed by atoms with E-state index in [4.69, 9.17) is 0 Å². The van der Waals surface area contributed by atoms with Crippen LogP contribution in [0.2, 0.25) is 0 Å². The second-order valence-corrected chi connectivity index (χ2v) is 6.47. The van der Waals surface area contributed by atoms with Crippen LogP contribution in [0.1, 0.15) is 11.1 Å². The van der Waals surface area contributed by atoms with E-state index in [1.807, 2.05) is 42.5 Å². The molecule has 0 spiro atoms. The maximum absolute atomic E-state index is 11.9. The molecular formula is C22H18N4O3. The molecule has 7 heteroatoms. The maximum Gasteiger partial charge on any atom is 0.384 e. The normalized spacial score (nSPS) is 10.8. The van der Waals surface area contributed by atoms with Crippen LogP contribution < -0.4 is 11.0 Å². The van der Waals surface area contributed by atoms with Gasteiger partial charge < -0.3 is 15.6 Å². The zero-order valence-corrected chi connectivity index (χ0v) is 15.4. The van der Waals surface area contributed by atoms with Crippen LogP contribution in [0.25, 0.3) is 27.9 Å². The smallest absolute Gasteiger partial charge is 0.384 e. The summed E-state index contributed by atoms with van der Waals surface area (Å²) in [5, 5.41) is 23.3. The van der Waals surface area contributed by atoms with Crippen molar-refractivity contribution in [2.45, 2.75) is 6.54 Å². The molecule has 3 N–H and O–H groups in total. The minimum absolute atomic E-state index is 0.00944. The van der Waals surface area contributed by atoms with Crippen molar-refractivity contribution in [2.75, 3.05) is 5.32 Å². The van der Waals surface area contributed by atoms with Crippen LogP contribution in [0.5, 0.6) is 0 Å². The van der Waals surface area contributed by atoms with Gasteiger partial charge in [0.25, 0.3) is 0 Å². The number of benzene rings is 2. The number of anilines is 1. The molecule has 2 aromatic carbocycles. The summed E-state index contributed by atoms with van der Waals surface area (Å²) >= 11 is 0. The number of fused-ring (bicyclic) bond motifs is 1. The van der Waals surface area contributed by atoms with Gasteiger partial charge in [-0.25, -0.2) is 9.78 Å². The summed E-state index contributed by atoms with van der Waals surface area (Å²) in [7, 11) is 0. The van der Waals surface area contributed by atoms with E-state index in [-0.39, 0.29) is 11.4 Å². The zero-order valence-electron chi connectivity index (χ0n) is 15.4. The molecule has 2 aromatic heterocycles. The van der Waals surface area contributed by atoms with E-state index in [1.54, 1.807) is 18.2 Å². The molecule has 144 valence electrons. The molecule has 0 bridgehead atoms. The molecule has 4 rings (SSSR count). The second-order valence-electron chi connectivity index (χ2n) is 6.47. The third kappa shape index (κ3) is 3.53. The molecule has 0 aliphatic heterocycles. The molecule has 0 saturated carbocycles. The number of aromatic nitrogens is 3. The molecule has 0 radical (unpaired) electrons. The third-order valence-corrected chi connectivity index (χ3v) is 4.60. The number of nitrogens with one attached hydrogen (secondary N) is 1. The highest BCUT2D eigenvalue weighted by Gasteiger charge is 2.12. The molecule has 2 heterocycles. The van der Waals surface area contributed by atoms with E-state index >= 15 is 0 Å². The minimum Gasteiger partial charge on any atom is -0.508 e. The van der Waals surface area contributed by atoms with Crippen molar-refractivity contribution in [3.05, 3.63) is 95.1 Å². The van der Waals surface area contributed by atoms with E-state index in [1.165, 1.54) is 6.20 Å². The fourth-order valence-corrected chi connectivity index (χ4v) is 3.18. The Labute approximate surface area is 166 Å². The molecule has 0 fully saturated rings. The highest BCUT2D eigenvalue weighted by molar-refractivity contribution is 5.86. The molecular weight excluding hydrogens is 368 g/mol. The second kappa shape index (κ2) is 7.47. The van der Waals surface area contributed by atoms with Crippen molar-refractivity contribution in [3.63, 3.8) is 0 Å². The van der Waals surface area contributed by atoms with Gasteiger partial charge >= 0.3 is 5.69 Å². The number of hydrogen-bond acceptors (Lipinski definition) is 6. The van der Waals surface area contributed by atoms with E-state index in [2.05, 4.69) is 21.9 Å². The molecule has 0 saturated heterocycles. The van der Waals surface area contributed by atoms with Gasteiger partial charge in [0.05, 0.1) is 5.39 Å². The van der Waals surface area contributed by atoms with Gasteiger partial charge in [0.1, 0.15) is 11.6 Å². The summed E-state index contributed by atoms with van der Waals surface area (Å²) < 4.78 is 0.432. The van der Waals surface area contributed by atoms with Crippen molar-refractivity contribution in [3.8, 4) is 11.1 Å². The first-order valence-corrected chi connectivity index (χ1v) is 8.92. The van der Waals surface area contributed by atoms with Crippen molar-refractivity contribution >= 4 is 22.6 Å². The SMILES string of the molecule is C=C(O)c1cccc(-c2ccccc2CNc2nc(=O)n(O)c3ncccc23)c1. The third-order valence-electron chi connectivity index (χ3n) is 4.60. The summed E-state index contributed by atoms with van der Waals surface area (Å²) in [4.78, 5) is 19.9. The molecule has 4 aromatic rings. The first-order chi connectivity index (χ1) is 14.0. The fraction of sp³-hybridized carbons (Fsp3) is 0.0455. The van der Waals surface area contributed by atoms with E-state index in [9.17, 15) is 15.1 Å². The number of hydrogen-bond donors (Lipinski definition) is 3. The van der Waals surface area contributed by atoms with E-state index in [0.29, 0.717) is 28.0 Å². The Morgan fingerprint density at radius 3 is 2.76 bits per heavy atom. The number of pyridine rings is 1. The predicted molar refractivity (Wildman–Crippen MR) is 112 cm³/mol. The first-order valence-electron chi connectivity index (χ1n) is 8.92. The quantitative estimate of drug-likeness (QED) is 0.356. The lowest BCUT2D eigenvalue weighted by atomic mass is 9.97. The molecule has 0 aliphatic rings. The van der Waals surface area contributed by atoms with Gasteiger partial charge in [-0.1, -0.05) is 49.0 Å². The maximum atomic E-state index is 11.9. The molecule has 0 unspecified atom stereocenters. The highest BCUT2D eigenvalue weighted by atomic mass is 16.5. The standard InChI is InChI=1S/C22H18N4O3/c1-14(27)15-7-4-8-16(12-15)18-9-3-2-6-17(18)13-24-20-19-10-5-11-23-21(19)26(29)22(28)25-20/h2-12,27,29H,1,13H2,(H,24,25,28). The van der Waals surface area contributed by atoms with Crippen LogP contribution >= 0.6 is 0 Å². The van der Waals surface area contributed by atoms with Gasteiger partial charge in [0.2, 0.25) is 0 Å². The molecule has 29 heavy (non-hydrogen) atoms. The van der Waals surface area contributed by atoms with Crippen LogP contribution in [0.15, 0.2) is 78.2 Å². The van der Waals surface area contributed by atoms with E-state index < -0.39 is 5.69 Å². The minimum atomic E-state index is -0.804. The van der Waals surface area contributed by atoms with Crippen molar-refractivity contribution in [2.24, 2.45) is 0 Å². The number of aliphatic hydroxyl groups excluding tert-OH is 1. The highest BCUT2D eigenvalue weighted by Crippen LogP contribution is 2.27. The van der Waals surface area contributed by atoms with Crippen LogP contribution in [0.4, 0.5) is 5.82 Å². The molecule has 0 amide bonds. The average Bonchev–Trinajstić information content (AvgIpc) is 2.75. The molecule has 7 nitrogen and oxygen atoms in total. The summed E-state index contributed by atoms with van der Waals surface area (Å²) in [5.74, 6) is 0.353. The predicted octanol–water partition coefficient (Wildman–Crippen LogP) is 3.84. The topological polar surface area (TPSA) is 100 Å². The lowest BCUT2D eigenvalue weighted by molar-refractivity contribution is 0.182. The van der Waals surface area contributed by atoms with Gasteiger partial charge in [-0.15, -0.1) is 4.73 Å². The number of aliphatic hydroxyl groups is 1. The van der Waals surface area contributed by atoms with Crippen molar-refractivity contribution in [1.29, 1.82) is 0 Å². The van der Waals surface area contributed by atoms with Crippen LogP contribution in [0.3, 0.4) is 0 Å². The monoisotopic (exact) mass is 386 g/mol. The van der Waals surface area contributed by atoms with Gasteiger partial charge in [0.15, 0.2) is 5.65 Å². The van der Waals surface area contributed by atoms with Gasteiger partial charge in [0, 0.05) is 18.3 Å². The van der Waals surface area contributed by atoms with Gasteiger partial charge in [-0.05, 0) is 34.9 Å². The average molecular weight is 386 g/mol. The van der Waals surface area contributed by atoms with Crippen LogP contribution in [0, 0.1) is 0 Å². The fourth-order valence-electron chi connectivity index (χ4n) is 3.18. The van der Waals surface area contributed by atoms with Crippen LogP contribution in [-0.2, 0) is 6.54 Å². The van der Waals surface area contributed by atoms with Crippen molar-refractivity contribution in [1.82, 2.24) is 14.7 Å². The Morgan fingerprint density at radius 2 is 1.93 bits per heavy atom. The Morgan fingerprint density at radius 1 is 1.10 bits per heavy atom. The van der Waals surface area contributed by atoms with Crippen molar-refractivity contribution < 1.29 is 10.3 Å². The largest absolute Gasteiger partial charge is 0.508 e. The van der Waals surface area contributed by atoms with Crippen LogP contribution in [-0.4, -0.2) is 25.0 Å². The zero-order chi connectivity index (χ0) is 20.4. The van der Waals surface area contributed by atoms with Gasteiger partial charge in [-0.2, -0.15) is 4.98 Å². The lowest BCUT2D eigenvalue weighted by Crippen LogP contribution is -2.23. The summed E-state index contributed by atoms with van der Waals surface area (Å²) in [6.45, 7) is 3.98. The Balaban J connectivity index is 1.70. The first kappa shape index (κ1) is 18.2. The lowest BCUT2D eigenvalue weighted by Gasteiger charge is -2.13. The Hall–Kier alpha value is -4.13. The summed E-state index contributed by atoms with van der Waals surface area (Å²) in [6.07, 6.45) is 1.50. The summed E-state index contributed by atoms with van der Waals surface area (Å²) in [5.41, 5.74) is 2.86. The number of nitrogens with zero attached hydrogens (tertiary/aromatic N) is 3. The Bertz CT molecular complexity index is 1280.